The van der Waals surface area contributed by atoms with Gasteiger partial charge >= 0.3 is 0 Å². The minimum atomic E-state index is 0.0176. The van der Waals surface area contributed by atoms with Crippen molar-refractivity contribution >= 4 is 22.0 Å². The number of thiophene rings is 1. The van der Waals surface area contributed by atoms with E-state index in [4.69, 9.17) is 4.98 Å². The van der Waals surface area contributed by atoms with E-state index in [-0.39, 0.29) is 5.41 Å². The predicted octanol–water partition coefficient (Wildman–Crippen LogP) is 8.93. The summed E-state index contributed by atoms with van der Waals surface area (Å²) in [7, 11) is 0. The highest BCUT2D eigenvalue weighted by Crippen LogP contribution is 2.45. The Morgan fingerprint density at radius 1 is 0.971 bits per heavy atom. The SMILES string of the molecule is CC.Cc1cc(C)c(-n2ccnc2-c2c(C(C)(C)C)ccc3c2CCCN3c2cccs2)c(C)c1. The first-order valence-corrected chi connectivity index (χ1v) is 13.7. The zero-order valence-electron chi connectivity index (χ0n) is 22.6. The van der Waals surface area contributed by atoms with E-state index in [1.54, 1.807) is 0 Å². The van der Waals surface area contributed by atoms with Gasteiger partial charge in [0, 0.05) is 30.2 Å². The molecule has 3 nitrogen and oxygen atoms in total. The van der Waals surface area contributed by atoms with E-state index in [0.717, 1.165) is 25.2 Å². The van der Waals surface area contributed by atoms with Gasteiger partial charge in [-0.05, 0) is 84.9 Å². The third-order valence-corrected chi connectivity index (χ3v) is 7.60. The number of imidazole rings is 1. The zero-order chi connectivity index (χ0) is 25.3. The molecule has 0 fully saturated rings. The summed E-state index contributed by atoms with van der Waals surface area (Å²) in [6.45, 7) is 18.6. The number of fused-ring (bicyclic) bond motifs is 1. The highest BCUT2D eigenvalue weighted by molar-refractivity contribution is 7.14. The molecule has 0 saturated carbocycles. The van der Waals surface area contributed by atoms with Crippen LogP contribution in [0.1, 0.15) is 68.9 Å². The molecule has 0 bridgehead atoms. The van der Waals surface area contributed by atoms with Crippen LogP contribution in [0, 0.1) is 20.8 Å². The van der Waals surface area contributed by atoms with Crippen LogP contribution in [0.2, 0.25) is 0 Å². The second-order valence-electron chi connectivity index (χ2n) is 10.3. The molecule has 0 radical (unpaired) electrons. The number of hydrogen-bond acceptors (Lipinski definition) is 3. The average Bonchev–Trinajstić information content (AvgIpc) is 3.51. The molecule has 0 amide bonds. The predicted molar refractivity (Wildman–Crippen MR) is 153 cm³/mol. The van der Waals surface area contributed by atoms with Crippen molar-refractivity contribution in [2.24, 2.45) is 0 Å². The van der Waals surface area contributed by atoms with Crippen molar-refractivity contribution in [1.82, 2.24) is 9.55 Å². The van der Waals surface area contributed by atoms with Crippen LogP contribution in [0.4, 0.5) is 10.7 Å². The fourth-order valence-corrected chi connectivity index (χ4v) is 6.20. The van der Waals surface area contributed by atoms with Crippen LogP contribution in [0.3, 0.4) is 0 Å². The van der Waals surface area contributed by atoms with Crippen LogP contribution >= 0.6 is 11.3 Å². The summed E-state index contributed by atoms with van der Waals surface area (Å²) < 4.78 is 2.32. The molecule has 1 aliphatic rings. The Bertz CT molecular complexity index is 1280. The molecule has 2 aromatic heterocycles. The molecular weight excluding hydrogens is 446 g/mol. The van der Waals surface area contributed by atoms with Gasteiger partial charge in [-0.15, -0.1) is 11.3 Å². The van der Waals surface area contributed by atoms with Gasteiger partial charge in [0.05, 0.1) is 10.7 Å². The lowest BCUT2D eigenvalue weighted by molar-refractivity contribution is 0.589. The van der Waals surface area contributed by atoms with Gasteiger partial charge < -0.3 is 4.90 Å². The summed E-state index contributed by atoms with van der Waals surface area (Å²) in [6, 6.07) is 13.6. The largest absolute Gasteiger partial charge is 0.333 e. The number of anilines is 2. The minimum Gasteiger partial charge on any atom is -0.333 e. The van der Waals surface area contributed by atoms with E-state index in [9.17, 15) is 0 Å². The third kappa shape index (κ3) is 4.69. The van der Waals surface area contributed by atoms with E-state index in [1.807, 2.05) is 31.4 Å². The van der Waals surface area contributed by atoms with Crippen molar-refractivity contribution in [3.63, 3.8) is 0 Å². The molecule has 0 unspecified atom stereocenters. The first kappa shape index (κ1) is 25.2. The molecule has 5 rings (SSSR count). The zero-order valence-corrected chi connectivity index (χ0v) is 23.4. The summed E-state index contributed by atoms with van der Waals surface area (Å²) in [5.74, 6) is 1.06. The lowest BCUT2D eigenvalue weighted by Gasteiger charge is -2.34. The number of rotatable bonds is 3. The molecule has 0 saturated heterocycles. The van der Waals surface area contributed by atoms with Crippen LogP contribution in [0.15, 0.2) is 54.2 Å². The number of aromatic nitrogens is 2. The van der Waals surface area contributed by atoms with Crippen molar-refractivity contribution in [3.8, 4) is 17.1 Å². The molecule has 35 heavy (non-hydrogen) atoms. The molecule has 0 aliphatic carbocycles. The monoisotopic (exact) mass is 485 g/mol. The van der Waals surface area contributed by atoms with Crippen LogP contribution in [-0.2, 0) is 11.8 Å². The van der Waals surface area contributed by atoms with E-state index in [2.05, 4.69) is 99.0 Å². The Morgan fingerprint density at radius 3 is 2.31 bits per heavy atom. The van der Waals surface area contributed by atoms with Gasteiger partial charge in [-0.25, -0.2) is 4.98 Å². The van der Waals surface area contributed by atoms with Crippen LogP contribution < -0.4 is 4.90 Å². The Balaban J connectivity index is 0.00000141. The first-order valence-electron chi connectivity index (χ1n) is 12.8. The summed E-state index contributed by atoms with van der Waals surface area (Å²) in [6.07, 6.45) is 6.31. The van der Waals surface area contributed by atoms with Gasteiger partial charge in [-0.2, -0.15) is 0 Å². The topological polar surface area (TPSA) is 21.1 Å². The summed E-state index contributed by atoms with van der Waals surface area (Å²) in [5, 5.41) is 3.49. The number of nitrogens with zero attached hydrogens (tertiary/aromatic N) is 3. The maximum absolute atomic E-state index is 4.98. The van der Waals surface area contributed by atoms with E-state index >= 15 is 0 Å². The minimum absolute atomic E-state index is 0.0176. The number of hydrogen-bond donors (Lipinski definition) is 0. The number of aryl methyl sites for hydroxylation is 3. The molecule has 0 spiro atoms. The second-order valence-corrected chi connectivity index (χ2v) is 11.2. The van der Waals surface area contributed by atoms with Crippen LogP contribution in [0.25, 0.3) is 17.1 Å². The summed E-state index contributed by atoms with van der Waals surface area (Å²) in [4.78, 5) is 7.48. The van der Waals surface area contributed by atoms with Crippen LogP contribution in [0.5, 0.6) is 0 Å². The third-order valence-electron chi connectivity index (χ3n) is 6.71. The Hall–Kier alpha value is -2.85. The molecule has 1 aliphatic heterocycles. The van der Waals surface area contributed by atoms with Gasteiger partial charge in [-0.3, -0.25) is 4.57 Å². The molecule has 184 valence electrons. The summed E-state index contributed by atoms with van der Waals surface area (Å²) in [5.41, 5.74) is 10.6. The first-order chi connectivity index (χ1) is 16.8. The van der Waals surface area contributed by atoms with Crippen molar-refractivity contribution < 1.29 is 0 Å². The lowest BCUT2D eigenvalue weighted by atomic mass is 9.79. The maximum Gasteiger partial charge on any atom is 0.145 e. The normalized spacial score (nSPS) is 13.3. The molecule has 4 heteroatoms. The van der Waals surface area contributed by atoms with Crippen LogP contribution in [-0.4, -0.2) is 16.1 Å². The van der Waals surface area contributed by atoms with Gasteiger partial charge in [0.2, 0.25) is 0 Å². The van der Waals surface area contributed by atoms with Gasteiger partial charge in [0.1, 0.15) is 5.82 Å². The van der Waals surface area contributed by atoms with Gasteiger partial charge in [-0.1, -0.05) is 58.4 Å². The maximum atomic E-state index is 4.98. The van der Waals surface area contributed by atoms with Crippen molar-refractivity contribution in [2.75, 3.05) is 11.4 Å². The molecule has 0 N–H and O–H groups in total. The fourth-order valence-electron chi connectivity index (χ4n) is 5.43. The lowest BCUT2D eigenvalue weighted by Crippen LogP contribution is -2.26. The van der Waals surface area contributed by atoms with Crippen molar-refractivity contribution in [2.45, 2.75) is 73.6 Å². The van der Waals surface area contributed by atoms with Crippen molar-refractivity contribution in [1.29, 1.82) is 0 Å². The Labute approximate surface area is 215 Å². The second kappa shape index (κ2) is 10.0. The Kier molecular flexibility index (Phi) is 7.23. The molecule has 2 aromatic carbocycles. The van der Waals surface area contributed by atoms with E-state index in [0.29, 0.717) is 0 Å². The van der Waals surface area contributed by atoms with Gasteiger partial charge in [0.25, 0.3) is 0 Å². The fraction of sp³-hybridized carbons (Fsp3) is 0.387. The average molecular weight is 486 g/mol. The Morgan fingerprint density at radius 2 is 1.69 bits per heavy atom. The highest BCUT2D eigenvalue weighted by atomic mass is 32.1. The quantitative estimate of drug-likeness (QED) is 0.289. The van der Waals surface area contributed by atoms with Gasteiger partial charge in [0.15, 0.2) is 0 Å². The molecule has 0 atom stereocenters. The van der Waals surface area contributed by atoms with E-state index in [1.165, 1.54) is 49.8 Å². The summed E-state index contributed by atoms with van der Waals surface area (Å²) >= 11 is 1.82. The number of benzene rings is 2. The smallest absolute Gasteiger partial charge is 0.145 e. The van der Waals surface area contributed by atoms with E-state index < -0.39 is 0 Å². The molecule has 4 aromatic rings. The molecule has 3 heterocycles. The molecular formula is C31H39N3S. The standard InChI is InChI=1S/C29H33N3S.C2H6/c1-19-17-20(2)27(21(3)18-19)32-15-13-30-28(32)26-22-9-7-14-31(25-10-8-16-33-25)24(22)12-11-23(26)29(4,5)6;1-2/h8,10-13,15-18H,7,9,14H2,1-6H3;1-2H3. The van der Waals surface area contributed by atoms with Crippen molar-refractivity contribution in [3.05, 3.63) is 82.0 Å². The highest BCUT2D eigenvalue weighted by Gasteiger charge is 2.30.